The molecule has 106 valence electrons. The second kappa shape index (κ2) is 6.22. The Kier molecular flexibility index (Phi) is 4.61. The maximum absolute atomic E-state index is 5.88. The minimum absolute atomic E-state index is 0.311. The average Bonchev–Trinajstić information content (AvgIpc) is 3.19. The van der Waals surface area contributed by atoms with Crippen molar-refractivity contribution in [2.24, 2.45) is 5.92 Å². The SMILES string of the molecule is CCCNc1nc(C(C)C)nc(OCC2CC2)c1C. The summed E-state index contributed by atoms with van der Waals surface area (Å²) in [5.41, 5.74) is 1.03. The number of nitrogens with one attached hydrogen (secondary N) is 1. The highest BCUT2D eigenvalue weighted by Gasteiger charge is 2.23. The molecule has 19 heavy (non-hydrogen) atoms. The molecule has 1 aliphatic rings. The van der Waals surface area contributed by atoms with Crippen molar-refractivity contribution in [3.8, 4) is 5.88 Å². The van der Waals surface area contributed by atoms with Gasteiger partial charge >= 0.3 is 0 Å². The van der Waals surface area contributed by atoms with Crippen LogP contribution in [0.3, 0.4) is 0 Å². The van der Waals surface area contributed by atoms with Gasteiger partial charge < -0.3 is 10.1 Å². The summed E-state index contributed by atoms with van der Waals surface area (Å²) < 4.78 is 5.88. The van der Waals surface area contributed by atoms with Crippen molar-refractivity contribution in [3.63, 3.8) is 0 Å². The molecular formula is C15H25N3O. The Morgan fingerprint density at radius 2 is 2.05 bits per heavy atom. The van der Waals surface area contributed by atoms with Gasteiger partial charge in [-0.3, -0.25) is 0 Å². The lowest BCUT2D eigenvalue weighted by Crippen LogP contribution is -2.11. The van der Waals surface area contributed by atoms with Crippen LogP contribution < -0.4 is 10.1 Å². The molecule has 0 amide bonds. The Morgan fingerprint density at radius 3 is 2.63 bits per heavy atom. The molecule has 1 fully saturated rings. The molecular weight excluding hydrogens is 238 g/mol. The van der Waals surface area contributed by atoms with Gasteiger partial charge in [0.15, 0.2) is 0 Å². The van der Waals surface area contributed by atoms with Crippen molar-refractivity contribution < 1.29 is 4.74 Å². The molecule has 1 aromatic rings. The largest absolute Gasteiger partial charge is 0.477 e. The summed E-state index contributed by atoms with van der Waals surface area (Å²) in [4.78, 5) is 9.18. The zero-order valence-corrected chi connectivity index (χ0v) is 12.5. The molecule has 4 heteroatoms. The number of hydrogen-bond acceptors (Lipinski definition) is 4. The van der Waals surface area contributed by atoms with Crippen LogP contribution in [0.15, 0.2) is 0 Å². The molecule has 2 rings (SSSR count). The number of hydrogen-bond donors (Lipinski definition) is 1. The van der Waals surface area contributed by atoms with E-state index in [1.165, 1.54) is 12.8 Å². The average molecular weight is 263 g/mol. The Balaban J connectivity index is 2.19. The van der Waals surface area contributed by atoms with Gasteiger partial charge in [-0.25, -0.2) is 4.98 Å². The molecule has 1 saturated carbocycles. The zero-order valence-electron chi connectivity index (χ0n) is 12.5. The third kappa shape index (κ3) is 3.82. The van der Waals surface area contributed by atoms with Crippen LogP contribution in [-0.4, -0.2) is 23.1 Å². The van der Waals surface area contributed by atoms with E-state index < -0.39 is 0 Å². The number of aromatic nitrogens is 2. The van der Waals surface area contributed by atoms with Gasteiger partial charge in [0.2, 0.25) is 5.88 Å². The summed E-state index contributed by atoms with van der Waals surface area (Å²) in [6.07, 6.45) is 3.67. The van der Waals surface area contributed by atoms with Crippen molar-refractivity contribution >= 4 is 5.82 Å². The van der Waals surface area contributed by atoms with E-state index in [4.69, 9.17) is 4.74 Å². The minimum Gasteiger partial charge on any atom is -0.477 e. The van der Waals surface area contributed by atoms with Crippen LogP contribution >= 0.6 is 0 Å². The first kappa shape index (κ1) is 14.1. The van der Waals surface area contributed by atoms with Gasteiger partial charge in [-0.15, -0.1) is 0 Å². The van der Waals surface area contributed by atoms with Gasteiger partial charge in [-0.2, -0.15) is 4.98 Å². The third-order valence-electron chi connectivity index (χ3n) is 3.33. The van der Waals surface area contributed by atoms with Crippen LogP contribution in [0.5, 0.6) is 5.88 Å². The lowest BCUT2D eigenvalue weighted by Gasteiger charge is -2.15. The maximum Gasteiger partial charge on any atom is 0.221 e. The standard InChI is InChI=1S/C15H25N3O/c1-5-8-16-14-11(4)15(19-9-12-6-7-12)18-13(17-14)10(2)3/h10,12H,5-9H2,1-4H3,(H,16,17,18). The van der Waals surface area contributed by atoms with Crippen LogP contribution in [0.4, 0.5) is 5.82 Å². The monoisotopic (exact) mass is 263 g/mol. The van der Waals surface area contributed by atoms with E-state index >= 15 is 0 Å². The second-order valence-electron chi connectivity index (χ2n) is 5.70. The Labute approximate surface area is 116 Å². The van der Waals surface area contributed by atoms with Crippen molar-refractivity contribution in [1.82, 2.24) is 9.97 Å². The van der Waals surface area contributed by atoms with E-state index in [-0.39, 0.29) is 0 Å². The molecule has 0 saturated heterocycles. The Morgan fingerprint density at radius 1 is 1.32 bits per heavy atom. The summed E-state index contributed by atoms with van der Waals surface area (Å²) >= 11 is 0. The number of anilines is 1. The fourth-order valence-corrected chi connectivity index (χ4v) is 1.81. The topological polar surface area (TPSA) is 47.0 Å². The van der Waals surface area contributed by atoms with E-state index in [1.807, 2.05) is 6.92 Å². The fraction of sp³-hybridized carbons (Fsp3) is 0.733. The van der Waals surface area contributed by atoms with Crippen LogP contribution in [0.2, 0.25) is 0 Å². The second-order valence-corrected chi connectivity index (χ2v) is 5.70. The summed E-state index contributed by atoms with van der Waals surface area (Å²) in [5, 5.41) is 3.37. The highest BCUT2D eigenvalue weighted by atomic mass is 16.5. The molecule has 1 heterocycles. The molecule has 0 atom stereocenters. The molecule has 0 aromatic carbocycles. The van der Waals surface area contributed by atoms with Gasteiger partial charge in [-0.05, 0) is 32.1 Å². The highest BCUT2D eigenvalue weighted by molar-refractivity contribution is 5.48. The van der Waals surface area contributed by atoms with E-state index in [9.17, 15) is 0 Å². The third-order valence-corrected chi connectivity index (χ3v) is 3.33. The Hall–Kier alpha value is -1.32. The Bertz CT molecular complexity index is 428. The zero-order chi connectivity index (χ0) is 13.8. The normalized spacial score (nSPS) is 14.8. The minimum atomic E-state index is 0.311. The molecule has 0 unspecified atom stereocenters. The van der Waals surface area contributed by atoms with Crippen LogP contribution in [-0.2, 0) is 0 Å². The van der Waals surface area contributed by atoms with Gasteiger partial charge in [0.1, 0.15) is 11.6 Å². The molecule has 4 nitrogen and oxygen atoms in total. The molecule has 1 N–H and O–H groups in total. The molecule has 1 aromatic heterocycles. The summed E-state index contributed by atoms with van der Waals surface area (Å²) in [7, 11) is 0. The van der Waals surface area contributed by atoms with Crippen molar-refractivity contribution in [2.75, 3.05) is 18.5 Å². The van der Waals surface area contributed by atoms with Crippen molar-refractivity contribution in [2.45, 2.75) is 52.9 Å². The predicted molar refractivity (Wildman–Crippen MR) is 77.9 cm³/mol. The molecule has 0 spiro atoms. The molecule has 0 radical (unpaired) electrons. The molecule has 1 aliphatic carbocycles. The lowest BCUT2D eigenvalue weighted by atomic mass is 10.2. The number of ether oxygens (including phenoxy) is 1. The van der Waals surface area contributed by atoms with E-state index in [0.717, 1.165) is 48.6 Å². The lowest BCUT2D eigenvalue weighted by molar-refractivity contribution is 0.284. The van der Waals surface area contributed by atoms with E-state index in [1.54, 1.807) is 0 Å². The quantitative estimate of drug-likeness (QED) is 0.817. The van der Waals surface area contributed by atoms with Gasteiger partial charge in [-0.1, -0.05) is 20.8 Å². The first-order valence-corrected chi connectivity index (χ1v) is 7.37. The number of nitrogens with zero attached hydrogens (tertiary/aromatic N) is 2. The van der Waals surface area contributed by atoms with Crippen molar-refractivity contribution in [3.05, 3.63) is 11.4 Å². The summed E-state index contributed by atoms with van der Waals surface area (Å²) in [5.74, 6) is 3.58. The smallest absolute Gasteiger partial charge is 0.221 e. The first-order valence-electron chi connectivity index (χ1n) is 7.37. The van der Waals surface area contributed by atoms with Crippen molar-refractivity contribution in [1.29, 1.82) is 0 Å². The highest BCUT2D eigenvalue weighted by Crippen LogP contribution is 2.31. The van der Waals surface area contributed by atoms with Gasteiger partial charge in [0.25, 0.3) is 0 Å². The number of rotatable bonds is 7. The van der Waals surface area contributed by atoms with Gasteiger partial charge in [0.05, 0.1) is 12.2 Å². The predicted octanol–water partition coefficient (Wildman–Crippen LogP) is 3.52. The van der Waals surface area contributed by atoms with Crippen LogP contribution in [0, 0.1) is 12.8 Å². The fourth-order valence-electron chi connectivity index (χ4n) is 1.81. The molecule has 0 bridgehead atoms. The maximum atomic E-state index is 5.88. The summed E-state index contributed by atoms with van der Waals surface area (Å²) in [6.45, 7) is 10.1. The van der Waals surface area contributed by atoms with E-state index in [2.05, 4.69) is 36.1 Å². The summed E-state index contributed by atoms with van der Waals surface area (Å²) in [6, 6.07) is 0. The first-order chi connectivity index (χ1) is 9.11. The molecule has 0 aliphatic heterocycles. The van der Waals surface area contributed by atoms with Gasteiger partial charge in [0, 0.05) is 12.5 Å². The van der Waals surface area contributed by atoms with E-state index in [0.29, 0.717) is 5.92 Å². The van der Waals surface area contributed by atoms with Crippen LogP contribution in [0.1, 0.15) is 57.3 Å². The van der Waals surface area contributed by atoms with Crippen LogP contribution in [0.25, 0.3) is 0 Å².